The number of aryl methyl sites for hydroxylation is 2. The van der Waals surface area contributed by atoms with Gasteiger partial charge in [0.15, 0.2) is 11.0 Å². The number of thioether (sulfide) groups is 1. The Morgan fingerprint density at radius 2 is 1.76 bits per heavy atom. The standard InChI is InChI=1S/C35H34N6O3S2/c1-24-14-16-26(17-15-24)29-21-28(31-13-8-20-45-31)39-41(29)33(42)23-46-35-38-37-32(40(35)19-18-25-9-4-3-5-10-25)22-36-34(43)27-11-6-7-12-30(27)44-2/h3-17,20,29H,18-19,21-23H2,1-2H3,(H,36,43)/t29-/m1/s1. The molecule has 0 bridgehead atoms. The average molecular weight is 651 g/mol. The molecule has 11 heteroatoms. The van der Waals surface area contributed by atoms with Crippen LogP contribution in [-0.2, 0) is 24.3 Å². The number of amides is 2. The predicted molar refractivity (Wildman–Crippen MR) is 181 cm³/mol. The van der Waals surface area contributed by atoms with Gasteiger partial charge in [-0.15, -0.1) is 21.5 Å². The third-order valence-electron chi connectivity index (χ3n) is 7.78. The summed E-state index contributed by atoms with van der Waals surface area (Å²) in [6.07, 6.45) is 1.40. The van der Waals surface area contributed by atoms with Crippen LogP contribution in [0.1, 0.15) is 50.2 Å². The number of benzene rings is 3. The zero-order valence-corrected chi connectivity index (χ0v) is 27.3. The van der Waals surface area contributed by atoms with Crippen LogP contribution in [0.2, 0.25) is 0 Å². The van der Waals surface area contributed by atoms with E-state index >= 15 is 0 Å². The number of methoxy groups -OCH3 is 1. The monoisotopic (exact) mass is 650 g/mol. The Kier molecular flexibility index (Phi) is 9.90. The molecule has 9 nitrogen and oxygen atoms in total. The summed E-state index contributed by atoms with van der Waals surface area (Å²) in [7, 11) is 1.54. The van der Waals surface area contributed by atoms with E-state index in [2.05, 4.69) is 58.8 Å². The van der Waals surface area contributed by atoms with Gasteiger partial charge in [0, 0.05) is 13.0 Å². The largest absolute Gasteiger partial charge is 0.496 e. The van der Waals surface area contributed by atoms with Gasteiger partial charge in [0.05, 0.1) is 41.6 Å². The first-order valence-electron chi connectivity index (χ1n) is 15.0. The second-order valence-corrected chi connectivity index (χ2v) is 12.7. The molecule has 0 fully saturated rings. The molecule has 234 valence electrons. The first-order valence-corrected chi connectivity index (χ1v) is 16.9. The smallest absolute Gasteiger partial charge is 0.255 e. The fourth-order valence-electron chi connectivity index (χ4n) is 5.33. The number of ether oxygens (including phenoxy) is 1. The molecule has 2 aromatic heterocycles. The summed E-state index contributed by atoms with van der Waals surface area (Å²) in [4.78, 5) is 27.9. The van der Waals surface area contributed by atoms with E-state index in [0.717, 1.165) is 22.6 Å². The molecule has 0 unspecified atom stereocenters. The van der Waals surface area contributed by atoms with Gasteiger partial charge in [0.2, 0.25) is 0 Å². The number of aromatic nitrogens is 3. The zero-order chi connectivity index (χ0) is 31.9. The van der Waals surface area contributed by atoms with Crippen molar-refractivity contribution in [1.29, 1.82) is 0 Å². The van der Waals surface area contributed by atoms with E-state index < -0.39 is 0 Å². The number of hydrogen-bond donors (Lipinski definition) is 1. The summed E-state index contributed by atoms with van der Waals surface area (Å²) >= 11 is 2.96. The zero-order valence-electron chi connectivity index (χ0n) is 25.6. The van der Waals surface area contributed by atoms with Crippen molar-refractivity contribution in [2.75, 3.05) is 12.9 Å². The molecular formula is C35H34N6O3S2. The normalized spacial score (nSPS) is 14.3. The van der Waals surface area contributed by atoms with Gasteiger partial charge in [-0.1, -0.05) is 90.1 Å². The van der Waals surface area contributed by atoms with Gasteiger partial charge in [-0.3, -0.25) is 9.59 Å². The molecule has 1 aliphatic heterocycles. The Labute approximate surface area is 276 Å². The number of hydrogen-bond acceptors (Lipinski definition) is 8. The van der Waals surface area contributed by atoms with Crippen molar-refractivity contribution >= 4 is 40.6 Å². The van der Waals surface area contributed by atoms with E-state index in [1.54, 1.807) is 34.5 Å². The highest BCUT2D eigenvalue weighted by Crippen LogP contribution is 2.35. The quantitative estimate of drug-likeness (QED) is 0.159. The van der Waals surface area contributed by atoms with Crippen molar-refractivity contribution in [3.05, 3.63) is 129 Å². The van der Waals surface area contributed by atoms with Crippen LogP contribution < -0.4 is 10.1 Å². The molecule has 2 amide bonds. The molecule has 0 aliphatic carbocycles. The van der Waals surface area contributed by atoms with E-state index in [1.807, 2.05) is 46.3 Å². The number of carbonyl (C=O) groups is 2. The van der Waals surface area contributed by atoms with Crippen molar-refractivity contribution in [1.82, 2.24) is 25.1 Å². The summed E-state index contributed by atoms with van der Waals surface area (Å²) in [5.41, 5.74) is 4.74. The summed E-state index contributed by atoms with van der Waals surface area (Å²) in [6, 6.07) is 29.4. The Hall–Kier alpha value is -4.74. The number of thiophene rings is 1. The Bertz CT molecular complexity index is 1820. The maximum atomic E-state index is 13.8. The van der Waals surface area contributed by atoms with Crippen LogP contribution in [0.5, 0.6) is 5.75 Å². The minimum absolute atomic E-state index is 0.106. The van der Waals surface area contributed by atoms with Crippen molar-refractivity contribution in [2.24, 2.45) is 5.10 Å². The van der Waals surface area contributed by atoms with Gasteiger partial charge >= 0.3 is 0 Å². The van der Waals surface area contributed by atoms with Crippen LogP contribution in [0, 0.1) is 6.92 Å². The number of nitrogens with zero attached hydrogens (tertiary/aromatic N) is 5. The first-order chi connectivity index (χ1) is 22.5. The third-order valence-corrected chi connectivity index (χ3v) is 9.65. The lowest BCUT2D eigenvalue weighted by Gasteiger charge is -2.22. The second kappa shape index (κ2) is 14.6. The SMILES string of the molecule is COc1ccccc1C(=O)NCc1nnc(SCC(=O)N2N=C(c3cccs3)C[C@@H]2c2ccc(C)cc2)n1CCc1ccccc1. The number of rotatable bonds is 12. The molecule has 0 spiro atoms. The van der Waals surface area contributed by atoms with Crippen molar-refractivity contribution in [3.63, 3.8) is 0 Å². The van der Waals surface area contributed by atoms with E-state index in [0.29, 0.717) is 35.3 Å². The fourth-order valence-corrected chi connectivity index (χ4v) is 6.88. The number of carbonyl (C=O) groups excluding carboxylic acids is 2. The highest BCUT2D eigenvalue weighted by Gasteiger charge is 2.33. The van der Waals surface area contributed by atoms with Crippen LogP contribution in [0.25, 0.3) is 0 Å². The van der Waals surface area contributed by atoms with Gasteiger partial charge in [-0.25, -0.2) is 5.01 Å². The highest BCUT2D eigenvalue weighted by molar-refractivity contribution is 7.99. The molecule has 1 atom stereocenters. The molecule has 0 radical (unpaired) electrons. The van der Waals surface area contributed by atoms with E-state index in [1.165, 1.54) is 30.0 Å². The molecule has 1 aliphatic rings. The molecule has 1 N–H and O–H groups in total. The Morgan fingerprint density at radius 3 is 2.52 bits per heavy atom. The molecule has 0 saturated heterocycles. The average Bonchev–Trinajstić information content (AvgIpc) is 3.86. The lowest BCUT2D eigenvalue weighted by molar-refractivity contribution is -0.130. The lowest BCUT2D eigenvalue weighted by atomic mass is 10.00. The highest BCUT2D eigenvalue weighted by atomic mass is 32.2. The maximum absolute atomic E-state index is 13.8. The van der Waals surface area contributed by atoms with Crippen LogP contribution in [0.3, 0.4) is 0 Å². The van der Waals surface area contributed by atoms with Crippen LogP contribution in [0.4, 0.5) is 0 Å². The summed E-state index contributed by atoms with van der Waals surface area (Å²) in [5.74, 6) is 0.864. The van der Waals surface area contributed by atoms with Gasteiger partial charge in [0.1, 0.15) is 5.75 Å². The van der Waals surface area contributed by atoms with E-state index in [4.69, 9.17) is 9.84 Å². The number of hydrazone groups is 1. The second-order valence-electron chi connectivity index (χ2n) is 10.9. The lowest BCUT2D eigenvalue weighted by Crippen LogP contribution is -2.28. The maximum Gasteiger partial charge on any atom is 0.255 e. The Morgan fingerprint density at radius 1 is 0.978 bits per heavy atom. The minimum Gasteiger partial charge on any atom is -0.496 e. The Balaban J connectivity index is 1.20. The van der Waals surface area contributed by atoms with Crippen LogP contribution in [-0.4, -0.2) is 50.2 Å². The molecule has 6 rings (SSSR count). The summed E-state index contributed by atoms with van der Waals surface area (Å²) in [6.45, 7) is 2.81. The van der Waals surface area contributed by atoms with Crippen LogP contribution in [0.15, 0.2) is 107 Å². The fraction of sp³-hybridized carbons (Fsp3) is 0.229. The van der Waals surface area contributed by atoms with Crippen molar-refractivity contribution < 1.29 is 14.3 Å². The van der Waals surface area contributed by atoms with E-state index in [9.17, 15) is 9.59 Å². The minimum atomic E-state index is -0.268. The molecule has 5 aromatic rings. The van der Waals surface area contributed by atoms with Crippen molar-refractivity contribution in [3.8, 4) is 5.75 Å². The van der Waals surface area contributed by atoms with Gasteiger partial charge in [-0.2, -0.15) is 5.10 Å². The molecule has 3 heterocycles. The number of para-hydroxylation sites is 1. The third kappa shape index (κ3) is 7.21. The molecule has 46 heavy (non-hydrogen) atoms. The van der Waals surface area contributed by atoms with Gasteiger partial charge in [0.25, 0.3) is 11.8 Å². The van der Waals surface area contributed by atoms with Gasteiger partial charge < -0.3 is 14.6 Å². The summed E-state index contributed by atoms with van der Waals surface area (Å²) in [5, 5.41) is 20.9. The first kappa shape index (κ1) is 31.3. The predicted octanol–water partition coefficient (Wildman–Crippen LogP) is 6.30. The van der Waals surface area contributed by atoms with Gasteiger partial charge in [-0.05, 0) is 48.1 Å². The summed E-state index contributed by atoms with van der Waals surface area (Å²) < 4.78 is 7.34. The topological polar surface area (TPSA) is 102 Å². The van der Waals surface area contributed by atoms with Crippen molar-refractivity contribution in [2.45, 2.75) is 44.1 Å². The number of nitrogens with one attached hydrogen (secondary N) is 1. The molecular weight excluding hydrogens is 617 g/mol. The van der Waals surface area contributed by atoms with E-state index in [-0.39, 0.29) is 30.2 Å². The van der Waals surface area contributed by atoms with Crippen LogP contribution >= 0.6 is 23.1 Å². The molecule has 3 aromatic carbocycles. The molecule has 0 saturated carbocycles.